The minimum atomic E-state index is 0.217. The van der Waals surface area contributed by atoms with Gasteiger partial charge >= 0.3 is 0 Å². The van der Waals surface area contributed by atoms with Gasteiger partial charge in [0.2, 0.25) is 0 Å². The molecule has 2 N–H and O–H groups in total. The maximum atomic E-state index is 9.33. The summed E-state index contributed by atoms with van der Waals surface area (Å²) in [5.74, 6) is 0. The summed E-state index contributed by atoms with van der Waals surface area (Å²) in [6, 6.07) is 0. The molecular weight excluding hydrogens is 150 g/mol. The first-order valence-corrected chi connectivity index (χ1v) is 5.14. The molecule has 0 aromatic carbocycles. The summed E-state index contributed by atoms with van der Waals surface area (Å²) in [7, 11) is 0. The highest BCUT2D eigenvalue weighted by atomic mass is 16.3. The van der Waals surface area contributed by atoms with E-state index < -0.39 is 0 Å². The molecule has 72 valence electrons. The fourth-order valence-electron chi connectivity index (χ4n) is 2.08. The summed E-state index contributed by atoms with van der Waals surface area (Å²) in [5, 5.41) is 12.7. The zero-order chi connectivity index (χ0) is 8.86. The average molecular weight is 171 g/mol. The predicted molar refractivity (Wildman–Crippen MR) is 51.1 cm³/mol. The summed E-state index contributed by atoms with van der Waals surface area (Å²) in [6.07, 6.45) is 6.36. The van der Waals surface area contributed by atoms with E-state index in [0.29, 0.717) is 6.61 Å². The van der Waals surface area contributed by atoms with Crippen LogP contribution in [0.4, 0.5) is 0 Å². The first-order valence-electron chi connectivity index (χ1n) is 5.14. The molecule has 1 fully saturated rings. The van der Waals surface area contributed by atoms with Gasteiger partial charge in [0, 0.05) is 18.6 Å². The van der Waals surface area contributed by atoms with E-state index in [1.807, 2.05) is 0 Å². The van der Waals surface area contributed by atoms with Crippen LogP contribution in [0.3, 0.4) is 0 Å². The van der Waals surface area contributed by atoms with Gasteiger partial charge in [-0.15, -0.1) is 0 Å². The van der Waals surface area contributed by atoms with Crippen LogP contribution >= 0.6 is 0 Å². The summed E-state index contributed by atoms with van der Waals surface area (Å²) < 4.78 is 0. The lowest BCUT2D eigenvalue weighted by Gasteiger charge is -2.35. The fourth-order valence-corrected chi connectivity index (χ4v) is 2.08. The smallest absolute Gasteiger partial charge is 0.0499 e. The SMILES string of the molecule is CCNCC1(CO)CCCCC1. The van der Waals surface area contributed by atoms with Gasteiger partial charge in [-0.2, -0.15) is 0 Å². The molecule has 0 aromatic rings. The van der Waals surface area contributed by atoms with Crippen molar-refractivity contribution in [2.24, 2.45) is 5.41 Å². The van der Waals surface area contributed by atoms with E-state index in [4.69, 9.17) is 0 Å². The minimum Gasteiger partial charge on any atom is -0.396 e. The third kappa shape index (κ3) is 2.46. The molecule has 0 unspecified atom stereocenters. The second kappa shape index (κ2) is 4.83. The standard InChI is InChI=1S/C10H21NO/c1-2-11-8-10(9-12)6-4-3-5-7-10/h11-12H,2-9H2,1H3. The Bertz CT molecular complexity index is 119. The van der Waals surface area contributed by atoms with Crippen molar-refractivity contribution < 1.29 is 5.11 Å². The average Bonchev–Trinajstić information content (AvgIpc) is 2.16. The molecule has 2 heteroatoms. The molecule has 0 amide bonds. The molecule has 0 radical (unpaired) electrons. The topological polar surface area (TPSA) is 32.3 Å². The summed E-state index contributed by atoms with van der Waals surface area (Å²) in [5.41, 5.74) is 0.217. The highest BCUT2D eigenvalue weighted by Gasteiger charge is 2.30. The number of aliphatic hydroxyl groups excluding tert-OH is 1. The van der Waals surface area contributed by atoms with Crippen molar-refractivity contribution in [2.75, 3.05) is 19.7 Å². The Morgan fingerprint density at radius 1 is 1.25 bits per heavy atom. The van der Waals surface area contributed by atoms with Crippen LogP contribution in [0.25, 0.3) is 0 Å². The summed E-state index contributed by atoms with van der Waals surface area (Å²) in [4.78, 5) is 0. The molecule has 0 heterocycles. The molecule has 1 aliphatic carbocycles. The van der Waals surface area contributed by atoms with E-state index in [2.05, 4.69) is 12.2 Å². The molecular formula is C10H21NO. The van der Waals surface area contributed by atoms with E-state index >= 15 is 0 Å². The van der Waals surface area contributed by atoms with Crippen LogP contribution in [0.1, 0.15) is 39.0 Å². The molecule has 0 saturated heterocycles. The third-order valence-corrected chi connectivity index (χ3v) is 3.00. The molecule has 0 spiro atoms. The van der Waals surface area contributed by atoms with Crippen LogP contribution in [0, 0.1) is 5.41 Å². The van der Waals surface area contributed by atoms with E-state index in [1.54, 1.807) is 0 Å². The second-order valence-corrected chi connectivity index (χ2v) is 4.00. The van der Waals surface area contributed by atoms with Crippen molar-refractivity contribution >= 4 is 0 Å². The second-order valence-electron chi connectivity index (χ2n) is 4.00. The lowest BCUT2D eigenvalue weighted by Crippen LogP contribution is -2.38. The van der Waals surface area contributed by atoms with Crippen LogP contribution < -0.4 is 5.32 Å². The van der Waals surface area contributed by atoms with Gasteiger partial charge in [-0.3, -0.25) is 0 Å². The Balaban J connectivity index is 2.37. The van der Waals surface area contributed by atoms with Crippen LogP contribution in [0.5, 0.6) is 0 Å². The number of aliphatic hydroxyl groups is 1. The molecule has 12 heavy (non-hydrogen) atoms. The molecule has 2 nitrogen and oxygen atoms in total. The number of nitrogens with one attached hydrogen (secondary N) is 1. The van der Waals surface area contributed by atoms with Crippen LogP contribution in [-0.4, -0.2) is 24.8 Å². The van der Waals surface area contributed by atoms with Gasteiger partial charge in [0.25, 0.3) is 0 Å². The Morgan fingerprint density at radius 3 is 2.42 bits per heavy atom. The number of hydrogen-bond acceptors (Lipinski definition) is 2. The largest absolute Gasteiger partial charge is 0.396 e. The Kier molecular flexibility index (Phi) is 4.02. The van der Waals surface area contributed by atoms with Crippen molar-refractivity contribution in [3.8, 4) is 0 Å². The first-order chi connectivity index (χ1) is 5.83. The predicted octanol–water partition coefficient (Wildman–Crippen LogP) is 1.54. The van der Waals surface area contributed by atoms with Crippen molar-refractivity contribution in [1.29, 1.82) is 0 Å². The van der Waals surface area contributed by atoms with E-state index in [9.17, 15) is 5.11 Å². The van der Waals surface area contributed by atoms with Gasteiger partial charge in [0.15, 0.2) is 0 Å². The van der Waals surface area contributed by atoms with Gasteiger partial charge in [-0.25, -0.2) is 0 Å². The van der Waals surface area contributed by atoms with Gasteiger partial charge < -0.3 is 10.4 Å². The van der Waals surface area contributed by atoms with Crippen molar-refractivity contribution in [3.05, 3.63) is 0 Å². The van der Waals surface area contributed by atoms with Gasteiger partial charge in [0.05, 0.1) is 0 Å². The molecule has 1 aliphatic rings. The molecule has 1 saturated carbocycles. The molecule has 0 aliphatic heterocycles. The molecule has 0 aromatic heterocycles. The van der Waals surface area contributed by atoms with Crippen LogP contribution in [0.2, 0.25) is 0 Å². The lowest BCUT2D eigenvalue weighted by molar-refractivity contribution is 0.0820. The lowest BCUT2D eigenvalue weighted by atomic mass is 9.74. The van der Waals surface area contributed by atoms with Crippen molar-refractivity contribution in [3.63, 3.8) is 0 Å². The van der Waals surface area contributed by atoms with E-state index in [-0.39, 0.29) is 5.41 Å². The zero-order valence-electron chi connectivity index (χ0n) is 8.10. The molecule has 1 rings (SSSR count). The summed E-state index contributed by atoms with van der Waals surface area (Å²) >= 11 is 0. The Hall–Kier alpha value is -0.0800. The fraction of sp³-hybridized carbons (Fsp3) is 1.00. The highest BCUT2D eigenvalue weighted by molar-refractivity contribution is 4.83. The van der Waals surface area contributed by atoms with Crippen LogP contribution in [-0.2, 0) is 0 Å². The number of hydrogen-bond donors (Lipinski definition) is 2. The zero-order valence-corrected chi connectivity index (χ0v) is 8.10. The van der Waals surface area contributed by atoms with Crippen molar-refractivity contribution in [1.82, 2.24) is 5.32 Å². The highest BCUT2D eigenvalue weighted by Crippen LogP contribution is 2.34. The Morgan fingerprint density at radius 2 is 1.92 bits per heavy atom. The first kappa shape index (κ1) is 10.0. The minimum absolute atomic E-state index is 0.217. The van der Waals surface area contributed by atoms with Crippen LogP contribution in [0.15, 0.2) is 0 Å². The quantitative estimate of drug-likeness (QED) is 0.672. The number of rotatable bonds is 4. The van der Waals surface area contributed by atoms with Crippen molar-refractivity contribution in [2.45, 2.75) is 39.0 Å². The van der Waals surface area contributed by atoms with Gasteiger partial charge in [0.1, 0.15) is 0 Å². The maximum Gasteiger partial charge on any atom is 0.0499 e. The molecule has 0 bridgehead atoms. The molecule has 0 atom stereocenters. The summed E-state index contributed by atoms with van der Waals surface area (Å²) in [6.45, 7) is 4.50. The maximum absolute atomic E-state index is 9.33. The van der Waals surface area contributed by atoms with E-state index in [1.165, 1.54) is 32.1 Å². The van der Waals surface area contributed by atoms with E-state index in [0.717, 1.165) is 13.1 Å². The normalized spacial score (nSPS) is 22.5. The van der Waals surface area contributed by atoms with Gasteiger partial charge in [-0.05, 0) is 19.4 Å². The van der Waals surface area contributed by atoms with Gasteiger partial charge in [-0.1, -0.05) is 26.2 Å². The monoisotopic (exact) mass is 171 g/mol. The third-order valence-electron chi connectivity index (χ3n) is 3.00. The Labute approximate surface area is 75.4 Å².